The standard InChI is InChI=1S/C25H26N4O2S2/c1-3-4-6-13-26-22-19(23(30)28-14-7-5-8-21(28)27-22)15-20-24(31)29(25(32)33-20)16-18-11-9-17(2)10-12-18/h5,7-12,14-15,26H,3-4,6,13,16H2,1-2H3. The van der Waals surface area contributed by atoms with Crippen LogP contribution in [0.25, 0.3) is 11.7 Å². The van der Waals surface area contributed by atoms with E-state index < -0.39 is 0 Å². The third kappa shape index (κ3) is 5.17. The van der Waals surface area contributed by atoms with E-state index in [-0.39, 0.29) is 11.5 Å². The number of aryl methyl sites for hydroxylation is 1. The fourth-order valence-electron chi connectivity index (χ4n) is 3.59. The van der Waals surface area contributed by atoms with Crippen LogP contribution in [0.2, 0.25) is 0 Å². The number of fused-ring (bicyclic) bond motifs is 1. The molecular formula is C25H26N4O2S2. The maximum absolute atomic E-state index is 13.3. The number of carbonyl (C=O) groups excluding carboxylic acids is 1. The number of thiocarbonyl (C=S) groups is 1. The van der Waals surface area contributed by atoms with Gasteiger partial charge in [-0.1, -0.05) is 79.6 Å². The SMILES string of the molecule is CCCCCNc1nc2ccccn2c(=O)c1C=C1SC(=S)N(Cc2ccc(C)cc2)C1=O. The van der Waals surface area contributed by atoms with E-state index in [9.17, 15) is 9.59 Å². The highest BCUT2D eigenvalue weighted by molar-refractivity contribution is 8.26. The summed E-state index contributed by atoms with van der Waals surface area (Å²) in [5.41, 5.74) is 2.87. The zero-order valence-corrected chi connectivity index (χ0v) is 20.3. The summed E-state index contributed by atoms with van der Waals surface area (Å²) in [6.07, 6.45) is 6.49. The van der Waals surface area contributed by atoms with E-state index in [1.165, 1.54) is 16.2 Å². The van der Waals surface area contributed by atoms with E-state index in [4.69, 9.17) is 12.2 Å². The molecule has 1 aromatic carbocycles. The van der Waals surface area contributed by atoms with Crippen LogP contribution in [0, 0.1) is 6.92 Å². The van der Waals surface area contributed by atoms with Gasteiger partial charge in [-0.05, 0) is 37.1 Å². The lowest BCUT2D eigenvalue weighted by Gasteiger charge is -2.14. The number of thioether (sulfide) groups is 1. The Morgan fingerprint density at radius 1 is 1.12 bits per heavy atom. The lowest BCUT2D eigenvalue weighted by molar-refractivity contribution is -0.122. The summed E-state index contributed by atoms with van der Waals surface area (Å²) in [4.78, 5) is 33.1. The van der Waals surface area contributed by atoms with Crippen LogP contribution in [-0.4, -0.2) is 31.1 Å². The topological polar surface area (TPSA) is 66.7 Å². The van der Waals surface area contributed by atoms with Gasteiger partial charge in [-0.25, -0.2) is 4.98 Å². The average molecular weight is 479 g/mol. The molecule has 1 aliphatic heterocycles. The first-order chi connectivity index (χ1) is 16.0. The first-order valence-electron chi connectivity index (χ1n) is 11.0. The van der Waals surface area contributed by atoms with Gasteiger partial charge in [-0.2, -0.15) is 0 Å². The summed E-state index contributed by atoms with van der Waals surface area (Å²) in [5.74, 6) is 0.297. The van der Waals surface area contributed by atoms with Gasteiger partial charge < -0.3 is 5.32 Å². The quantitative estimate of drug-likeness (QED) is 0.279. The van der Waals surface area contributed by atoms with Crippen molar-refractivity contribution in [2.24, 2.45) is 0 Å². The molecule has 1 fully saturated rings. The van der Waals surface area contributed by atoms with Gasteiger partial charge in [0.1, 0.15) is 15.8 Å². The highest BCUT2D eigenvalue weighted by Crippen LogP contribution is 2.34. The number of pyridine rings is 1. The Kier molecular flexibility index (Phi) is 7.25. The molecule has 0 aliphatic carbocycles. The Hall–Kier alpha value is -2.97. The number of aromatic nitrogens is 2. The smallest absolute Gasteiger partial charge is 0.267 e. The van der Waals surface area contributed by atoms with Crippen LogP contribution in [0.15, 0.2) is 58.4 Å². The molecule has 1 saturated heterocycles. The van der Waals surface area contributed by atoms with Crippen LogP contribution in [0.5, 0.6) is 0 Å². The van der Waals surface area contributed by atoms with Gasteiger partial charge in [0.2, 0.25) is 0 Å². The normalized spacial score (nSPS) is 15.1. The number of benzene rings is 1. The maximum Gasteiger partial charge on any atom is 0.267 e. The predicted molar refractivity (Wildman–Crippen MR) is 139 cm³/mol. The molecule has 1 aliphatic rings. The van der Waals surface area contributed by atoms with Gasteiger partial charge in [-0.15, -0.1) is 0 Å². The molecule has 33 heavy (non-hydrogen) atoms. The van der Waals surface area contributed by atoms with Crippen molar-refractivity contribution in [2.45, 2.75) is 39.7 Å². The van der Waals surface area contributed by atoms with Crippen molar-refractivity contribution in [2.75, 3.05) is 11.9 Å². The van der Waals surface area contributed by atoms with Crippen molar-refractivity contribution in [3.63, 3.8) is 0 Å². The number of unbranched alkanes of at least 4 members (excludes halogenated alkanes) is 2. The first kappa shape index (κ1) is 23.2. The number of carbonyl (C=O) groups is 1. The van der Waals surface area contributed by atoms with E-state index >= 15 is 0 Å². The lowest BCUT2D eigenvalue weighted by Crippen LogP contribution is -2.27. The van der Waals surface area contributed by atoms with Gasteiger partial charge in [0.05, 0.1) is 17.0 Å². The van der Waals surface area contributed by atoms with Crippen LogP contribution >= 0.6 is 24.0 Å². The van der Waals surface area contributed by atoms with Gasteiger partial charge in [0, 0.05) is 12.7 Å². The zero-order valence-electron chi connectivity index (χ0n) is 18.7. The molecule has 0 bridgehead atoms. The van der Waals surface area contributed by atoms with Crippen molar-refractivity contribution in [3.8, 4) is 0 Å². The van der Waals surface area contributed by atoms with Crippen molar-refractivity contribution in [1.29, 1.82) is 0 Å². The van der Waals surface area contributed by atoms with Gasteiger partial charge in [-0.3, -0.25) is 18.9 Å². The molecule has 0 spiro atoms. The molecule has 4 rings (SSSR count). The fraction of sp³-hybridized carbons (Fsp3) is 0.280. The summed E-state index contributed by atoms with van der Waals surface area (Å²) >= 11 is 6.71. The Morgan fingerprint density at radius 3 is 2.67 bits per heavy atom. The Bertz CT molecular complexity index is 1280. The third-order valence-electron chi connectivity index (χ3n) is 5.45. The van der Waals surface area contributed by atoms with Crippen LogP contribution in [-0.2, 0) is 11.3 Å². The molecule has 2 aromatic heterocycles. The van der Waals surface area contributed by atoms with Crippen LogP contribution < -0.4 is 10.9 Å². The van der Waals surface area contributed by atoms with E-state index in [2.05, 4.69) is 17.2 Å². The van der Waals surface area contributed by atoms with Crippen molar-refractivity contribution in [1.82, 2.24) is 14.3 Å². The third-order valence-corrected chi connectivity index (χ3v) is 6.83. The average Bonchev–Trinajstić information content (AvgIpc) is 3.07. The van der Waals surface area contributed by atoms with Crippen LogP contribution in [0.3, 0.4) is 0 Å². The number of hydrogen-bond acceptors (Lipinski definition) is 6. The first-order valence-corrected chi connectivity index (χ1v) is 12.3. The summed E-state index contributed by atoms with van der Waals surface area (Å²) < 4.78 is 1.98. The summed E-state index contributed by atoms with van der Waals surface area (Å²) in [5, 5.41) is 3.30. The number of rotatable bonds is 8. The predicted octanol–water partition coefficient (Wildman–Crippen LogP) is 5.01. The van der Waals surface area contributed by atoms with E-state index in [1.807, 2.05) is 37.3 Å². The molecule has 3 aromatic rings. The van der Waals surface area contributed by atoms with Gasteiger partial charge >= 0.3 is 0 Å². The van der Waals surface area contributed by atoms with Gasteiger partial charge in [0.25, 0.3) is 11.5 Å². The largest absolute Gasteiger partial charge is 0.369 e. The van der Waals surface area contributed by atoms with Crippen molar-refractivity contribution in [3.05, 3.63) is 80.6 Å². The number of nitrogens with one attached hydrogen (secondary N) is 1. The molecule has 1 amide bonds. The zero-order chi connectivity index (χ0) is 23.4. The molecule has 0 saturated carbocycles. The number of nitrogens with zero attached hydrogens (tertiary/aromatic N) is 3. The minimum Gasteiger partial charge on any atom is -0.369 e. The number of hydrogen-bond donors (Lipinski definition) is 1. The monoisotopic (exact) mass is 478 g/mol. The Balaban J connectivity index is 1.67. The lowest BCUT2D eigenvalue weighted by atomic mass is 10.1. The minimum absolute atomic E-state index is 0.194. The highest BCUT2D eigenvalue weighted by atomic mass is 32.2. The van der Waals surface area contributed by atoms with Crippen molar-refractivity contribution >= 4 is 51.7 Å². The molecule has 3 heterocycles. The molecule has 0 radical (unpaired) electrons. The van der Waals surface area contributed by atoms with E-state index in [1.54, 1.807) is 29.3 Å². The number of anilines is 1. The molecule has 8 heteroatoms. The maximum atomic E-state index is 13.3. The summed E-state index contributed by atoms with van der Waals surface area (Å²) in [6.45, 7) is 5.28. The Morgan fingerprint density at radius 2 is 1.91 bits per heavy atom. The fourth-order valence-corrected chi connectivity index (χ4v) is 4.83. The molecule has 0 atom stereocenters. The Labute approximate surface area is 202 Å². The highest BCUT2D eigenvalue weighted by Gasteiger charge is 2.32. The van der Waals surface area contributed by atoms with Crippen LogP contribution in [0.1, 0.15) is 42.9 Å². The molecule has 170 valence electrons. The summed E-state index contributed by atoms with van der Waals surface area (Å²) in [7, 11) is 0. The minimum atomic E-state index is -0.220. The van der Waals surface area contributed by atoms with E-state index in [0.29, 0.717) is 39.3 Å². The number of amides is 1. The van der Waals surface area contributed by atoms with Crippen LogP contribution in [0.4, 0.5) is 5.82 Å². The molecule has 6 nitrogen and oxygen atoms in total. The second-order valence-corrected chi connectivity index (χ2v) is 9.67. The molecular weight excluding hydrogens is 452 g/mol. The second-order valence-electron chi connectivity index (χ2n) is 8.00. The molecule has 0 unspecified atom stereocenters. The molecule has 1 N–H and O–H groups in total. The van der Waals surface area contributed by atoms with Gasteiger partial charge in [0.15, 0.2) is 0 Å². The summed E-state index contributed by atoms with van der Waals surface area (Å²) in [6, 6.07) is 13.4. The second kappa shape index (κ2) is 10.3. The van der Waals surface area contributed by atoms with Crippen molar-refractivity contribution < 1.29 is 4.79 Å². The van der Waals surface area contributed by atoms with E-state index in [0.717, 1.165) is 30.4 Å².